The predicted octanol–water partition coefficient (Wildman–Crippen LogP) is 4.05. The first kappa shape index (κ1) is 18.5. The maximum absolute atomic E-state index is 13.4. The Morgan fingerprint density at radius 1 is 0.929 bits per heavy atom. The fraction of sp³-hybridized carbons (Fsp3) is 0.182. The van der Waals surface area contributed by atoms with Gasteiger partial charge in [-0.25, -0.2) is 8.42 Å². The van der Waals surface area contributed by atoms with Crippen molar-refractivity contribution >= 4 is 15.7 Å². The first-order valence-corrected chi connectivity index (χ1v) is 10.6. The summed E-state index contributed by atoms with van der Waals surface area (Å²) in [5.74, 6) is 0.735. The van der Waals surface area contributed by atoms with E-state index in [-0.39, 0.29) is 0 Å². The molecule has 4 rings (SSSR count). The zero-order valence-corrected chi connectivity index (χ0v) is 16.4. The maximum atomic E-state index is 13.4. The molecular formula is C22H22N2O3S. The summed E-state index contributed by atoms with van der Waals surface area (Å²) in [6, 6.07) is 24.5. The van der Waals surface area contributed by atoms with Crippen molar-refractivity contribution in [1.82, 2.24) is 4.31 Å². The number of nitrogens with one attached hydrogen (secondary N) is 1. The lowest BCUT2D eigenvalue weighted by Gasteiger charge is -2.37. The number of benzene rings is 3. The van der Waals surface area contributed by atoms with Crippen LogP contribution >= 0.6 is 0 Å². The Bertz CT molecular complexity index is 1050. The van der Waals surface area contributed by atoms with Crippen molar-refractivity contribution in [3.63, 3.8) is 0 Å². The Balaban J connectivity index is 1.72. The summed E-state index contributed by atoms with van der Waals surface area (Å²) in [6.45, 7) is 0.379. The number of hydrogen-bond acceptors (Lipinski definition) is 4. The van der Waals surface area contributed by atoms with E-state index in [4.69, 9.17) is 4.74 Å². The van der Waals surface area contributed by atoms with Gasteiger partial charge >= 0.3 is 0 Å². The monoisotopic (exact) mass is 394 g/mol. The molecule has 3 aromatic carbocycles. The number of methoxy groups -OCH3 is 1. The lowest BCUT2D eigenvalue weighted by molar-refractivity contribution is 0.345. The maximum Gasteiger partial charge on any atom is 0.247 e. The van der Waals surface area contributed by atoms with Crippen molar-refractivity contribution in [3.8, 4) is 5.75 Å². The lowest BCUT2D eigenvalue weighted by atomic mass is 10.1. The molecule has 1 atom stereocenters. The van der Waals surface area contributed by atoms with Crippen molar-refractivity contribution in [2.24, 2.45) is 0 Å². The van der Waals surface area contributed by atoms with Crippen molar-refractivity contribution in [2.45, 2.75) is 17.5 Å². The second-order valence-electron chi connectivity index (χ2n) is 6.67. The van der Waals surface area contributed by atoms with Crippen LogP contribution in [0.15, 0.2) is 83.8 Å². The van der Waals surface area contributed by atoms with Gasteiger partial charge in [-0.15, -0.1) is 0 Å². The summed E-state index contributed by atoms with van der Waals surface area (Å²) in [5.41, 5.74) is 2.59. The first-order chi connectivity index (χ1) is 13.6. The fourth-order valence-corrected chi connectivity index (χ4v) is 5.16. The van der Waals surface area contributed by atoms with E-state index in [0.29, 0.717) is 23.5 Å². The molecule has 0 spiro atoms. The van der Waals surface area contributed by atoms with Crippen LogP contribution in [0.2, 0.25) is 0 Å². The average molecular weight is 394 g/mol. The number of rotatable bonds is 5. The van der Waals surface area contributed by atoms with E-state index in [2.05, 4.69) is 5.32 Å². The average Bonchev–Trinajstić information content (AvgIpc) is 2.73. The summed E-state index contributed by atoms with van der Waals surface area (Å²) in [6.07, 6.45) is 0.158. The molecule has 1 aliphatic rings. The van der Waals surface area contributed by atoms with Crippen LogP contribution in [0.3, 0.4) is 0 Å². The summed E-state index contributed by atoms with van der Waals surface area (Å²) in [4.78, 5) is 0.313. The Morgan fingerprint density at radius 2 is 1.61 bits per heavy atom. The van der Waals surface area contributed by atoms with E-state index >= 15 is 0 Å². The molecule has 0 saturated heterocycles. The van der Waals surface area contributed by atoms with Gasteiger partial charge in [-0.05, 0) is 41.8 Å². The Morgan fingerprint density at radius 3 is 2.32 bits per heavy atom. The Labute approximate surface area is 165 Å². The number of anilines is 1. The molecule has 0 aromatic heterocycles. The van der Waals surface area contributed by atoms with E-state index in [1.807, 2.05) is 60.7 Å². The van der Waals surface area contributed by atoms with Gasteiger partial charge in [0.15, 0.2) is 0 Å². The van der Waals surface area contributed by atoms with Gasteiger partial charge in [-0.3, -0.25) is 0 Å². The number of ether oxygens (including phenoxy) is 1. The second kappa shape index (κ2) is 7.66. The van der Waals surface area contributed by atoms with Gasteiger partial charge in [0.25, 0.3) is 0 Å². The normalized spacial score (nSPS) is 18.1. The minimum atomic E-state index is -3.63. The molecule has 0 aliphatic carbocycles. The highest BCUT2D eigenvalue weighted by molar-refractivity contribution is 7.89. The van der Waals surface area contributed by atoms with E-state index in [1.54, 1.807) is 29.6 Å². The minimum absolute atomic E-state index is 0.313. The van der Waals surface area contributed by atoms with E-state index in [0.717, 1.165) is 16.9 Å². The van der Waals surface area contributed by atoms with Crippen LogP contribution in [-0.4, -0.2) is 26.4 Å². The molecule has 1 unspecified atom stereocenters. The quantitative estimate of drug-likeness (QED) is 0.709. The molecule has 144 valence electrons. The van der Waals surface area contributed by atoms with Crippen molar-refractivity contribution < 1.29 is 13.2 Å². The standard InChI is InChI=1S/C22H22N2O3S/c1-27-19-13-11-18(12-14-19)22-23-20-9-5-6-10-21(20)28(25,26)24(22)16-15-17-7-3-2-4-8-17/h2-14,22-23H,15-16H2,1H3. The van der Waals surface area contributed by atoms with Crippen molar-refractivity contribution in [1.29, 1.82) is 0 Å². The largest absolute Gasteiger partial charge is 0.497 e. The third-order valence-electron chi connectivity index (χ3n) is 4.95. The highest BCUT2D eigenvalue weighted by Crippen LogP contribution is 2.38. The molecule has 5 nitrogen and oxygen atoms in total. The second-order valence-corrected chi connectivity index (χ2v) is 8.53. The van der Waals surface area contributed by atoms with Gasteiger partial charge in [0.2, 0.25) is 10.0 Å². The summed E-state index contributed by atoms with van der Waals surface area (Å²) in [5, 5.41) is 3.40. The molecule has 1 N–H and O–H groups in total. The van der Waals surface area contributed by atoms with Crippen molar-refractivity contribution in [2.75, 3.05) is 19.0 Å². The first-order valence-electron chi connectivity index (χ1n) is 9.15. The van der Waals surface area contributed by atoms with Gasteiger partial charge in [0.1, 0.15) is 16.8 Å². The van der Waals surface area contributed by atoms with Gasteiger partial charge in [-0.1, -0.05) is 54.6 Å². The van der Waals surface area contributed by atoms with Gasteiger partial charge in [0.05, 0.1) is 12.8 Å². The summed E-state index contributed by atoms with van der Waals surface area (Å²) in [7, 11) is -2.01. The zero-order chi connectivity index (χ0) is 19.6. The Hall–Kier alpha value is -2.83. The fourth-order valence-electron chi connectivity index (χ4n) is 3.46. The van der Waals surface area contributed by atoms with E-state index < -0.39 is 16.2 Å². The highest BCUT2D eigenvalue weighted by Gasteiger charge is 2.38. The molecule has 0 fully saturated rings. The van der Waals surface area contributed by atoms with Crippen LogP contribution in [0.1, 0.15) is 17.3 Å². The van der Waals surface area contributed by atoms with Gasteiger partial charge in [-0.2, -0.15) is 4.31 Å². The van der Waals surface area contributed by atoms with Crippen LogP contribution in [-0.2, 0) is 16.4 Å². The van der Waals surface area contributed by atoms with Crippen LogP contribution in [0.4, 0.5) is 5.69 Å². The van der Waals surface area contributed by atoms with Gasteiger partial charge in [0, 0.05) is 6.54 Å². The molecule has 6 heteroatoms. The van der Waals surface area contributed by atoms with Crippen LogP contribution in [0.25, 0.3) is 0 Å². The van der Waals surface area contributed by atoms with Gasteiger partial charge < -0.3 is 10.1 Å². The number of fused-ring (bicyclic) bond motifs is 1. The summed E-state index contributed by atoms with van der Waals surface area (Å²) < 4.78 is 33.6. The SMILES string of the molecule is COc1ccc(C2Nc3ccccc3S(=O)(=O)N2CCc2ccccc2)cc1. The Kier molecular flexibility index (Phi) is 5.07. The minimum Gasteiger partial charge on any atom is -0.497 e. The number of nitrogens with zero attached hydrogens (tertiary/aromatic N) is 1. The molecule has 1 aliphatic heterocycles. The number of sulfonamides is 1. The zero-order valence-electron chi connectivity index (χ0n) is 15.6. The third-order valence-corrected chi connectivity index (χ3v) is 6.87. The molecule has 1 heterocycles. The van der Waals surface area contributed by atoms with Crippen LogP contribution in [0.5, 0.6) is 5.75 Å². The molecule has 28 heavy (non-hydrogen) atoms. The molecule has 0 amide bonds. The molecular weight excluding hydrogens is 372 g/mol. The number of para-hydroxylation sites is 1. The summed E-state index contributed by atoms with van der Waals surface area (Å²) >= 11 is 0. The van der Waals surface area contributed by atoms with E-state index in [9.17, 15) is 8.42 Å². The molecule has 0 bridgehead atoms. The van der Waals surface area contributed by atoms with E-state index in [1.165, 1.54) is 0 Å². The van der Waals surface area contributed by atoms with Crippen LogP contribution in [0, 0.1) is 0 Å². The number of hydrogen-bond donors (Lipinski definition) is 1. The highest BCUT2D eigenvalue weighted by atomic mass is 32.2. The smallest absolute Gasteiger partial charge is 0.247 e. The third kappa shape index (κ3) is 3.48. The van der Waals surface area contributed by atoms with Crippen LogP contribution < -0.4 is 10.1 Å². The molecule has 3 aromatic rings. The molecule has 0 radical (unpaired) electrons. The molecule has 0 saturated carbocycles. The predicted molar refractivity (Wildman–Crippen MR) is 110 cm³/mol. The topological polar surface area (TPSA) is 58.6 Å². The lowest BCUT2D eigenvalue weighted by Crippen LogP contribution is -2.43. The van der Waals surface area contributed by atoms with Crippen molar-refractivity contribution in [3.05, 3.63) is 90.0 Å².